The zero-order chi connectivity index (χ0) is 19.5. The van der Waals surface area contributed by atoms with Crippen molar-refractivity contribution in [1.82, 2.24) is 0 Å². The van der Waals surface area contributed by atoms with Crippen LogP contribution < -0.4 is 9.80 Å². The first kappa shape index (κ1) is 17.4. The molecule has 0 bridgehead atoms. The minimum atomic E-state index is -0.0387. The largest absolute Gasteiger partial charge is 0.346 e. The van der Waals surface area contributed by atoms with E-state index in [2.05, 4.69) is 116 Å². The van der Waals surface area contributed by atoms with Gasteiger partial charge in [0.15, 0.2) is 0 Å². The number of benzene rings is 3. The second-order valence-electron chi connectivity index (χ2n) is 8.50. The van der Waals surface area contributed by atoms with Crippen LogP contribution in [-0.4, -0.2) is 18.2 Å². The van der Waals surface area contributed by atoms with Crippen molar-refractivity contribution in [3.05, 3.63) is 95.6 Å². The number of hydrogen-bond acceptors (Lipinski definition) is 2. The van der Waals surface area contributed by atoms with Crippen LogP contribution in [0.3, 0.4) is 0 Å². The Morgan fingerprint density at radius 3 is 2.04 bits per heavy atom. The minimum Gasteiger partial charge on any atom is -0.346 e. The summed E-state index contributed by atoms with van der Waals surface area (Å²) in [4.78, 5) is 5.29. The maximum atomic E-state index is 2.67. The molecule has 4 atom stereocenters. The fraction of sp³-hybridized carbons (Fsp3) is 0.308. The van der Waals surface area contributed by atoms with Crippen molar-refractivity contribution >= 4 is 11.4 Å². The molecule has 3 aromatic rings. The van der Waals surface area contributed by atoms with Gasteiger partial charge < -0.3 is 9.80 Å². The Balaban J connectivity index is 1.72. The molecule has 0 N–H and O–H groups in total. The minimum absolute atomic E-state index is 0.0387. The average Bonchev–Trinajstić information content (AvgIpc) is 3.15. The first-order chi connectivity index (χ1) is 13.5. The lowest BCUT2D eigenvalue weighted by atomic mass is 9.71. The number of rotatable bonds is 2. The van der Waals surface area contributed by atoms with E-state index >= 15 is 0 Å². The van der Waals surface area contributed by atoms with Crippen molar-refractivity contribution < 1.29 is 0 Å². The molecule has 1 saturated heterocycles. The highest BCUT2D eigenvalue weighted by atomic mass is 15.5. The van der Waals surface area contributed by atoms with Crippen LogP contribution in [0.25, 0.3) is 0 Å². The SMILES string of the molecule is Cc1ccccc1N1C(C)N2c3ccccc3C(C)(c3ccccc3)C2[C@@H]1C. The Morgan fingerprint density at radius 1 is 0.714 bits per heavy atom. The highest BCUT2D eigenvalue weighted by Gasteiger charge is 2.58. The van der Waals surface area contributed by atoms with E-state index < -0.39 is 0 Å². The van der Waals surface area contributed by atoms with Crippen molar-refractivity contribution in [3.8, 4) is 0 Å². The number of aryl methyl sites for hydroxylation is 1. The standard InChI is InChI=1S/C26H28N2/c1-18-12-8-10-16-23(18)27-19(2)25-26(4,21-13-6-5-7-14-21)22-15-9-11-17-24(22)28(25)20(27)3/h5-17,19-20,25H,1-4H3/t19-,20?,25?,26?/m0/s1. The molecule has 0 aliphatic carbocycles. The Hall–Kier alpha value is -2.74. The maximum absolute atomic E-state index is 2.67. The smallest absolute Gasteiger partial charge is 0.0994 e. The van der Waals surface area contributed by atoms with Crippen LogP contribution in [0.5, 0.6) is 0 Å². The van der Waals surface area contributed by atoms with E-state index in [0.29, 0.717) is 18.2 Å². The van der Waals surface area contributed by atoms with Gasteiger partial charge in [-0.05, 0) is 56.5 Å². The van der Waals surface area contributed by atoms with Crippen LogP contribution in [0.15, 0.2) is 78.9 Å². The predicted molar refractivity (Wildman–Crippen MR) is 118 cm³/mol. The molecule has 3 unspecified atom stereocenters. The van der Waals surface area contributed by atoms with Crippen LogP contribution in [0.1, 0.15) is 37.5 Å². The summed E-state index contributed by atoms with van der Waals surface area (Å²) in [5.41, 5.74) is 6.90. The van der Waals surface area contributed by atoms with Gasteiger partial charge in [-0.3, -0.25) is 0 Å². The van der Waals surface area contributed by atoms with Crippen LogP contribution in [0, 0.1) is 6.92 Å². The summed E-state index contributed by atoms with van der Waals surface area (Å²) in [7, 11) is 0. The molecule has 0 saturated carbocycles. The number of nitrogens with zero attached hydrogens (tertiary/aromatic N) is 2. The molecule has 2 heteroatoms. The first-order valence-electron chi connectivity index (χ1n) is 10.3. The van der Waals surface area contributed by atoms with Crippen molar-refractivity contribution in [2.75, 3.05) is 9.80 Å². The molecule has 5 rings (SSSR count). The Bertz CT molecular complexity index is 1010. The lowest BCUT2D eigenvalue weighted by Gasteiger charge is -2.37. The van der Waals surface area contributed by atoms with Crippen molar-refractivity contribution in [1.29, 1.82) is 0 Å². The molecule has 0 radical (unpaired) electrons. The van der Waals surface area contributed by atoms with Gasteiger partial charge in [0, 0.05) is 22.8 Å². The van der Waals surface area contributed by atoms with Gasteiger partial charge in [-0.15, -0.1) is 0 Å². The third-order valence-corrected chi connectivity index (χ3v) is 7.10. The lowest BCUT2D eigenvalue weighted by molar-refractivity contribution is 0.441. The van der Waals surface area contributed by atoms with Gasteiger partial charge in [-0.25, -0.2) is 0 Å². The monoisotopic (exact) mass is 368 g/mol. The van der Waals surface area contributed by atoms with Gasteiger partial charge >= 0.3 is 0 Å². The summed E-state index contributed by atoms with van der Waals surface area (Å²) in [5.74, 6) is 0. The van der Waals surface area contributed by atoms with E-state index in [9.17, 15) is 0 Å². The summed E-state index contributed by atoms with van der Waals surface area (Å²) >= 11 is 0. The second kappa shape index (κ2) is 6.13. The summed E-state index contributed by atoms with van der Waals surface area (Å²) < 4.78 is 0. The zero-order valence-corrected chi connectivity index (χ0v) is 17.1. The van der Waals surface area contributed by atoms with Gasteiger partial charge in [0.1, 0.15) is 0 Å². The van der Waals surface area contributed by atoms with Gasteiger partial charge in [0.05, 0.1) is 12.2 Å². The molecule has 1 fully saturated rings. The molecule has 2 aliphatic heterocycles. The summed E-state index contributed by atoms with van der Waals surface area (Å²) in [6.45, 7) is 9.43. The fourth-order valence-corrected chi connectivity index (χ4v) is 5.88. The van der Waals surface area contributed by atoms with Gasteiger partial charge in [0.2, 0.25) is 0 Å². The van der Waals surface area contributed by atoms with E-state index in [1.807, 2.05) is 0 Å². The van der Waals surface area contributed by atoms with E-state index in [0.717, 1.165) is 0 Å². The summed E-state index contributed by atoms with van der Waals surface area (Å²) in [5, 5.41) is 0. The quantitative estimate of drug-likeness (QED) is 0.569. The summed E-state index contributed by atoms with van der Waals surface area (Å²) in [6.07, 6.45) is 0.313. The molecule has 2 nitrogen and oxygen atoms in total. The molecule has 0 spiro atoms. The molecule has 2 heterocycles. The van der Waals surface area contributed by atoms with Gasteiger partial charge in [-0.2, -0.15) is 0 Å². The Morgan fingerprint density at radius 2 is 1.32 bits per heavy atom. The highest BCUT2D eigenvalue weighted by molar-refractivity contribution is 5.73. The summed E-state index contributed by atoms with van der Waals surface area (Å²) in [6, 6.07) is 29.7. The molecule has 0 aromatic heterocycles. The molecule has 2 aliphatic rings. The van der Waals surface area contributed by atoms with Crippen LogP contribution >= 0.6 is 0 Å². The van der Waals surface area contributed by atoms with E-state index in [1.54, 1.807) is 0 Å². The molecule has 3 aromatic carbocycles. The Kier molecular flexibility index (Phi) is 3.80. The van der Waals surface area contributed by atoms with Crippen LogP contribution in [0.4, 0.5) is 11.4 Å². The normalized spacial score (nSPS) is 28.4. The van der Waals surface area contributed by atoms with Crippen molar-refractivity contribution in [2.24, 2.45) is 0 Å². The van der Waals surface area contributed by atoms with Crippen LogP contribution in [0.2, 0.25) is 0 Å². The van der Waals surface area contributed by atoms with E-state index in [4.69, 9.17) is 0 Å². The molecular weight excluding hydrogens is 340 g/mol. The predicted octanol–water partition coefficient (Wildman–Crippen LogP) is 5.74. The highest BCUT2D eigenvalue weighted by Crippen LogP contribution is 2.55. The van der Waals surface area contributed by atoms with Gasteiger partial charge in [0.25, 0.3) is 0 Å². The molecular formula is C26H28N2. The zero-order valence-electron chi connectivity index (χ0n) is 17.1. The van der Waals surface area contributed by atoms with E-state index in [-0.39, 0.29) is 5.41 Å². The van der Waals surface area contributed by atoms with Gasteiger partial charge in [-0.1, -0.05) is 66.7 Å². The molecule has 0 amide bonds. The fourth-order valence-electron chi connectivity index (χ4n) is 5.88. The topological polar surface area (TPSA) is 6.48 Å². The average molecular weight is 369 g/mol. The molecule has 142 valence electrons. The molecule has 28 heavy (non-hydrogen) atoms. The number of para-hydroxylation sites is 2. The Labute approximate surface area is 168 Å². The van der Waals surface area contributed by atoms with Crippen LogP contribution in [-0.2, 0) is 5.41 Å². The van der Waals surface area contributed by atoms with E-state index in [1.165, 1.54) is 28.1 Å². The van der Waals surface area contributed by atoms with Crippen molar-refractivity contribution in [2.45, 2.75) is 51.4 Å². The lowest BCUT2D eigenvalue weighted by Crippen LogP contribution is -2.46. The second-order valence-corrected chi connectivity index (χ2v) is 8.50. The number of fused-ring (bicyclic) bond motifs is 3. The first-order valence-corrected chi connectivity index (χ1v) is 10.3. The maximum Gasteiger partial charge on any atom is 0.0994 e. The third kappa shape index (κ3) is 2.15. The number of hydrogen-bond donors (Lipinski definition) is 0. The van der Waals surface area contributed by atoms with Crippen molar-refractivity contribution in [3.63, 3.8) is 0 Å². The number of anilines is 2. The third-order valence-electron chi connectivity index (χ3n) is 7.10.